The molecule has 0 saturated carbocycles. The van der Waals surface area contributed by atoms with Gasteiger partial charge in [0, 0.05) is 24.2 Å². The molecule has 1 aromatic heterocycles. The first-order valence-corrected chi connectivity index (χ1v) is 8.27. The molecule has 0 amide bonds. The minimum absolute atomic E-state index is 0. The number of hydrogen-bond acceptors (Lipinski definition) is 2. The van der Waals surface area contributed by atoms with E-state index >= 15 is 0 Å². The molecule has 4 heteroatoms. The number of aromatic nitrogens is 1. The van der Waals surface area contributed by atoms with Gasteiger partial charge in [0.2, 0.25) is 0 Å². The van der Waals surface area contributed by atoms with Crippen molar-refractivity contribution in [3.05, 3.63) is 59.4 Å². The van der Waals surface area contributed by atoms with Crippen molar-refractivity contribution < 1.29 is 33.3 Å². The first kappa shape index (κ1) is 18.9. The van der Waals surface area contributed by atoms with Gasteiger partial charge in [0.25, 0.3) is 0 Å². The Kier molecular flexibility index (Phi) is 7.24. The first-order chi connectivity index (χ1) is 11.2. The lowest BCUT2D eigenvalue weighted by Gasteiger charge is -2.17. The number of aryl methyl sites for hydroxylation is 1. The highest BCUT2D eigenvalue weighted by atomic mass is 127. The molecule has 0 N–H and O–H groups in total. The minimum Gasteiger partial charge on any atom is -1.00 e. The quantitative estimate of drug-likeness (QED) is 0.495. The molecule has 0 bridgehead atoms. The van der Waals surface area contributed by atoms with Gasteiger partial charge in [0.15, 0.2) is 12.4 Å². The Balaban J connectivity index is 0.00000208. The SMILES string of the molecule is COc1ccc(/C=C/c2cc[n+](C)cc2)cc1CN1CCCC1.[I-]. The molecule has 0 radical (unpaired) electrons. The Morgan fingerprint density at radius 2 is 1.71 bits per heavy atom. The van der Waals surface area contributed by atoms with Crippen molar-refractivity contribution in [3.63, 3.8) is 0 Å². The molecule has 0 atom stereocenters. The van der Waals surface area contributed by atoms with Gasteiger partial charge in [-0.05, 0) is 49.2 Å². The number of halogens is 1. The highest BCUT2D eigenvalue weighted by Gasteiger charge is 2.14. The van der Waals surface area contributed by atoms with E-state index in [2.05, 4.69) is 59.8 Å². The van der Waals surface area contributed by atoms with Crippen LogP contribution in [-0.2, 0) is 13.6 Å². The summed E-state index contributed by atoms with van der Waals surface area (Å²) in [5.74, 6) is 0.987. The van der Waals surface area contributed by atoms with Crippen LogP contribution in [0.3, 0.4) is 0 Å². The number of likely N-dealkylation sites (tertiary alicyclic amines) is 1. The molecule has 2 heterocycles. The van der Waals surface area contributed by atoms with Gasteiger partial charge in [-0.15, -0.1) is 0 Å². The lowest BCUT2D eigenvalue weighted by atomic mass is 10.1. The summed E-state index contributed by atoms with van der Waals surface area (Å²) >= 11 is 0. The van der Waals surface area contributed by atoms with Crippen molar-refractivity contribution in [3.8, 4) is 5.75 Å². The molecule has 2 aromatic rings. The third kappa shape index (κ3) is 5.05. The number of benzene rings is 1. The third-order valence-corrected chi connectivity index (χ3v) is 4.37. The van der Waals surface area contributed by atoms with Gasteiger partial charge in [-0.2, -0.15) is 0 Å². The zero-order valence-corrected chi connectivity index (χ0v) is 16.6. The smallest absolute Gasteiger partial charge is 0.169 e. The largest absolute Gasteiger partial charge is 1.00 e. The molecule has 1 aliphatic heterocycles. The van der Waals surface area contributed by atoms with E-state index < -0.39 is 0 Å². The van der Waals surface area contributed by atoms with Gasteiger partial charge >= 0.3 is 0 Å². The molecule has 0 spiro atoms. The standard InChI is InChI=1S/C20H25N2O.HI/c1-21-13-9-17(10-14-21)5-6-18-7-8-20(23-2)19(15-18)16-22-11-3-4-12-22;/h5-10,13-15H,3-4,11-12,16H2,1-2H3;1H/q+1;/p-1/b6-5+;. The van der Waals surface area contributed by atoms with Crippen LogP contribution in [-0.4, -0.2) is 25.1 Å². The highest BCUT2D eigenvalue weighted by molar-refractivity contribution is 5.70. The van der Waals surface area contributed by atoms with Crippen LogP contribution >= 0.6 is 0 Å². The molecule has 128 valence electrons. The van der Waals surface area contributed by atoms with E-state index in [0.717, 1.165) is 12.3 Å². The van der Waals surface area contributed by atoms with Crippen molar-refractivity contribution in [2.24, 2.45) is 7.05 Å². The molecule has 24 heavy (non-hydrogen) atoms. The predicted octanol–water partition coefficient (Wildman–Crippen LogP) is 0.290. The van der Waals surface area contributed by atoms with Crippen LogP contribution in [0.2, 0.25) is 0 Å². The van der Waals surface area contributed by atoms with E-state index in [0.29, 0.717) is 0 Å². The highest BCUT2D eigenvalue weighted by Crippen LogP contribution is 2.24. The molecule has 0 unspecified atom stereocenters. The lowest BCUT2D eigenvalue weighted by molar-refractivity contribution is -0.671. The number of hydrogen-bond donors (Lipinski definition) is 0. The molecule has 1 fully saturated rings. The third-order valence-electron chi connectivity index (χ3n) is 4.37. The topological polar surface area (TPSA) is 16.4 Å². The average Bonchev–Trinajstić information content (AvgIpc) is 3.07. The van der Waals surface area contributed by atoms with Gasteiger partial charge in [0.05, 0.1) is 7.11 Å². The number of nitrogens with zero attached hydrogens (tertiary/aromatic N) is 2. The van der Waals surface area contributed by atoms with Crippen LogP contribution < -0.4 is 33.3 Å². The van der Waals surface area contributed by atoms with Crippen LogP contribution in [0, 0.1) is 0 Å². The Morgan fingerprint density at radius 3 is 2.38 bits per heavy atom. The molecule has 1 aliphatic rings. The van der Waals surface area contributed by atoms with E-state index in [1.165, 1.54) is 42.6 Å². The second-order valence-corrected chi connectivity index (χ2v) is 6.18. The summed E-state index contributed by atoms with van der Waals surface area (Å²) < 4.78 is 7.57. The van der Waals surface area contributed by atoms with Gasteiger partial charge in [0.1, 0.15) is 12.8 Å². The minimum atomic E-state index is 0. The van der Waals surface area contributed by atoms with E-state index in [1.807, 2.05) is 11.6 Å². The maximum absolute atomic E-state index is 5.53. The van der Waals surface area contributed by atoms with Crippen molar-refractivity contribution >= 4 is 12.2 Å². The number of rotatable bonds is 5. The lowest BCUT2D eigenvalue weighted by Crippen LogP contribution is -3.00. The molecule has 0 aliphatic carbocycles. The van der Waals surface area contributed by atoms with E-state index in [1.54, 1.807) is 7.11 Å². The van der Waals surface area contributed by atoms with Crippen LogP contribution in [0.25, 0.3) is 12.2 Å². The average molecular weight is 436 g/mol. The second-order valence-electron chi connectivity index (χ2n) is 6.18. The summed E-state index contributed by atoms with van der Waals surface area (Å²) in [6, 6.07) is 10.7. The van der Waals surface area contributed by atoms with E-state index in [-0.39, 0.29) is 24.0 Å². The Morgan fingerprint density at radius 1 is 1.04 bits per heavy atom. The van der Waals surface area contributed by atoms with E-state index in [4.69, 9.17) is 4.74 Å². The summed E-state index contributed by atoms with van der Waals surface area (Å²) in [6.45, 7) is 3.38. The molecule has 3 nitrogen and oxygen atoms in total. The Labute approximate surface area is 162 Å². The number of pyridine rings is 1. The fraction of sp³-hybridized carbons (Fsp3) is 0.350. The van der Waals surface area contributed by atoms with Crippen LogP contribution in [0.1, 0.15) is 29.5 Å². The summed E-state index contributed by atoms with van der Waals surface area (Å²) in [6.07, 6.45) is 11.1. The zero-order valence-electron chi connectivity index (χ0n) is 14.4. The van der Waals surface area contributed by atoms with Crippen molar-refractivity contribution in [2.75, 3.05) is 20.2 Å². The first-order valence-electron chi connectivity index (χ1n) is 8.27. The normalized spacial score (nSPS) is 14.8. The number of ether oxygens (including phenoxy) is 1. The van der Waals surface area contributed by atoms with Gasteiger partial charge in [-0.25, -0.2) is 4.57 Å². The van der Waals surface area contributed by atoms with Crippen LogP contribution in [0.4, 0.5) is 0 Å². The van der Waals surface area contributed by atoms with Gasteiger partial charge in [-0.1, -0.05) is 18.2 Å². The van der Waals surface area contributed by atoms with Crippen molar-refractivity contribution in [1.29, 1.82) is 0 Å². The van der Waals surface area contributed by atoms with Crippen LogP contribution in [0.5, 0.6) is 5.75 Å². The summed E-state index contributed by atoms with van der Waals surface area (Å²) in [5.41, 5.74) is 3.70. The zero-order chi connectivity index (χ0) is 16.1. The fourth-order valence-corrected chi connectivity index (χ4v) is 3.02. The number of methoxy groups -OCH3 is 1. The predicted molar refractivity (Wildman–Crippen MR) is 94.1 cm³/mol. The summed E-state index contributed by atoms with van der Waals surface area (Å²) in [5, 5.41) is 0. The summed E-state index contributed by atoms with van der Waals surface area (Å²) in [7, 11) is 3.78. The van der Waals surface area contributed by atoms with Gasteiger partial charge < -0.3 is 28.7 Å². The molecular formula is C20H25IN2O. The van der Waals surface area contributed by atoms with E-state index in [9.17, 15) is 0 Å². The fourth-order valence-electron chi connectivity index (χ4n) is 3.02. The van der Waals surface area contributed by atoms with Crippen LogP contribution in [0.15, 0.2) is 42.7 Å². The Hall–Kier alpha value is -1.40. The molecule has 1 aromatic carbocycles. The Bertz CT molecular complexity index is 677. The maximum atomic E-state index is 5.53. The summed E-state index contributed by atoms with van der Waals surface area (Å²) in [4.78, 5) is 2.50. The van der Waals surface area contributed by atoms with Crippen molar-refractivity contribution in [1.82, 2.24) is 4.90 Å². The van der Waals surface area contributed by atoms with Gasteiger partial charge in [-0.3, -0.25) is 4.90 Å². The molecule has 3 rings (SSSR count). The monoisotopic (exact) mass is 436 g/mol. The maximum Gasteiger partial charge on any atom is 0.169 e. The van der Waals surface area contributed by atoms with Crippen molar-refractivity contribution in [2.45, 2.75) is 19.4 Å². The second kappa shape index (κ2) is 9.18. The molecule has 1 saturated heterocycles. The molecular weight excluding hydrogens is 411 g/mol.